The summed E-state index contributed by atoms with van der Waals surface area (Å²) in [4.78, 5) is 26.6. The number of aryl methyl sites for hydroxylation is 3. The van der Waals surface area contributed by atoms with Crippen LogP contribution in [0.5, 0.6) is 0 Å². The molecular weight excluding hydrogens is 348 g/mol. The molecule has 0 fully saturated rings. The number of hydrogen-bond acceptors (Lipinski definition) is 3. The third-order valence-corrected chi connectivity index (χ3v) is 4.84. The molecule has 0 spiro atoms. The lowest BCUT2D eigenvalue weighted by atomic mass is 9.90. The molecule has 138 valence electrons. The van der Waals surface area contributed by atoms with Gasteiger partial charge in [0, 0.05) is 28.9 Å². The van der Waals surface area contributed by atoms with Gasteiger partial charge >= 0.3 is 0 Å². The molecule has 0 radical (unpaired) electrons. The van der Waals surface area contributed by atoms with Gasteiger partial charge in [0.25, 0.3) is 11.5 Å². The van der Waals surface area contributed by atoms with E-state index >= 15 is 0 Å². The third-order valence-electron chi connectivity index (χ3n) is 4.84. The predicted molar refractivity (Wildman–Crippen MR) is 109 cm³/mol. The van der Waals surface area contributed by atoms with E-state index in [1.54, 1.807) is 28.8 Å². The highest BCUT2D eigenvalue weighted by Crippen LogP contribution is 2.28. The van der Waals surface area contributed by atoms with Crippen LogP contribution in [0.1, 0.15) is 37.4 Å². The van der Waals surface area contributed by atoms with Gasteiger partial charge in [-0.15, -0.1) is 0 Å². The zero-order chi connectivity index (χ0) is 19.8. The van der Waals surface area contributed by atoms with Crippen LogP contribution in [-0.2, 0) is 0 Å². The Morgan fingerprint density at radius 2 is 1.29 bits per heavy atom. The molecule has 1 heterocycles. The van der Waals surface area contributed by atoms with Gasteiger partial charge in [-0.2, -0.15) is 4.57 Å². The van der Waals surface area contributed by atoms with Crippen molar-refractivity contribution in [2.75, 3.05) is 5.32 Å². The molecule has 1 aromatic heterocycles. The lowest BCUT2D eigenvalue weighted by Crippen LogP contribution is -2.42. The number of nitrogens with zero attached hydrogens (tertiary/aromatic N) is 1. The average Bonchev–Trinajstić information content (AvgIpc) is 2.66. The Balaban J connectivity index is 1.92. The standard InChI is InChI=1S/C24H20N2O2/c1-15-8-10-26(11-9-15)22-21(25-18-13-16(2)12-17(3)14-18)23(27)19-6-4-5-7-20(19)24(22)28/h4-14H,1-3H3/p+1. The summed E-state index contributed by atoms with van der Waals surface area (Å²) < 4.78 is 1.72. The SMILES string of the molecule is Cc1cc[n+](C2=C(Nc3cc(C)cc(C)c3)C(=O)c3ccccc3C2=O)cc1. The molecule has 28 heavy (non-hydrogen) atoms. The molecule has 4 rings (SSSR count). The second kappa shape index (κ2) is 6.89. The normalized spacial score (nSPS) is 13.5. The molecule has 0 saturated heterocycles. The minimum Gasteiger partial charge on any atom is -0.347 e. The minimum atomic E-state index is -0.183. The van der Waals surface area contributed by atoms with Gasteiger partial charge in [-0.3, -0.25) is 9.59 Å². The lowest BCUT2D eigenvalue weighted by molar-refractivity contribution is -0.577. The average molecular weight is 369 g/mol. The molecular formula is C24H21N2O2+. The summed E-state index contributed by atoms with van der Waals surface area (Å²) in [5, 5.41) is 3.24. The molecule has 1 aliphatic rings. The van der Waals surface area contributed by atoms with Gasteiger partial charge in [0.15, 0.2) is 18.1 Å². The molecule has 3 aromatic rings. The molecule has 1 aliphatic carbocycles. The fourth-order valence-electron chi connectivity index (χ4n) is 3.57. The summed E-state index contributed by atoms with van der Waals surface area (Å²) in [7, 11) is 0. The first kappa shape index (κ1) is 17.9. The molecule has 4 heteroatoms. The second-order valence-electron chi connectivity index (χ2n) is 7.21. The summed E-state index contributed by atoms with van der Waals surface area (Å²) in [6, 6.07) is 16.8. The number of carbonyl (C=O) groups excluding carboxylic acids is 2. The maximum absolute atomic E-state index is 13.3. The Labute approximate surface area is 164 Å². The van der Waals surface area contributed by atoms with E-state index in [2.05, 4.69) is 11.4 Å². The molecule has 1 N–H and O–H groups in total. The maximum atomic E-state index is 13.3. The van der Waals surface area contributed by atoms with E-state index in [4.69, 9.17) is 0 Å². The Morgan fingerprint density at radius 3 is 1.89 bits per heavy atom. The fourth-order valence-corrected chi connectivity index (χ4v) is 3.57. The number of pyridine rings is 1. The van der Waals surface area contributed by atoms with Crippen LogP contribution >= 0.6 is 0 Å². The molecule has 0 aliphatic heterocycles. The number of Topliss-reactive ketones (excluding diaryl/α,β-unsaturated/α-hetero) is 2. The van der Waals surface area contributed by atoms with Gasteiger partial charge in [-0.1, -0.05) is 30.3 Å². The van der Waals surface area contributed by atoms with E-state index in [-0.39, 0.29) is 11.6 Å². The van der Waals surface area contributed by atoms with Crippen molar-refractivity contribution in [1.29, 1.82) is 0 Å². The number of carbonyl (C=O) groups is 2. The van der Waals surface area contributed by atoms with Crippen molar-refractivity contribution in [2.45, 2.75) is 20.8 Å². The van der Waals surface area contributed by atoms with Crippen molar-refractivity contribution in [3.05, 3.63) is 101 Å². The van der Waals surface area contributed by atoms with Crippen molar-refractivity contribution in [1.82, 2.24) is 0 Å². The molecule has 0 unspecified atom stereocenters. The minimum absolute atomic E-state index is 0.170. The van der Waals surface area contributed by atoms with Crippen LogP contribution in [-0.4, -0.2) is 11.6 Å². The summed E-state index contributed by atoms with van der Waals surface area (Å²) in [6.45, 7) is 5.99. The highest BCUT2D eigenvalue weighted by molar-refractivity contribution is 6.36. The van der Waals surface area contributed by atoms with Gasteiger partial charge in [-0.25, -0.2) is 0 Å². The number of nitrogens with one attached hydrogen (secondary N) is 1. The van der Waals surface area contributed by atoms with E-state index in [0.717, 1.165) is 22.4 Å². The highest BCUT2D eigenvalue weighted by atomic mass is 16.1. The number of hydrogen-bond donors (Lipinski definition) is 1. The molecule has 0 atom stereocenters. The maximum Gasteiger partial charge on any atom is 0.286 e. The van der Waals surface area contributed by atoms with Crippen molar-refractivity contribution in [3.8, 4) is 0 Å². The number of aromatic nitrogens is 1. The predicted octanol–water partition coefficient (Wildman–Crippen LogP) is 4.26. The number of fused-ring (bicyclic) bond motifs is 1. The van der Waals surface area contributed by atoms with Crippen LogP contribution in [0.3, 0.4) is 0 Å². The van der Waals surface area contributed by atoms with Crippen molar-refractivity contribution >= 4 is 23.0 Å². The molecule has 0 saturated carbocycles. The van der Waals surface area contributed by atoms with Crippen LogP contribution in [0.2, 0.25) is 0 Å². The highest BCUT2D eigenvalue weighted by Gasteiger charge is 2.38. The zero-order valence-electron chi connectivity index (χ0n) is 16.1. The summed E-state index contributed by atoms with van der Waals surface area (Å²) in [5.41, 5.74) is 5.53. The van der Waals surface area contributed by atoms with E-state index in [0.29, 0.717) is 22.5 Å². The van der Waals surface area contributed by atoms with Gasteiger partial charge in [0.05, 0.1) is 0 Å². The van der Waals surface area contributed by atoms with Gasteiger partial charge < -0.3 is 5.32 Å². The third kappa shape index (κ3) is 3.14. The van der Waals surface area contributed by atoms with Crippen LogP contribution in [0.4, 0.5) is 5.69 Å². The van der Waals surface area contributed by atoms with E-state index in [1.807, 2.05) is 57.4 Å². The number of rotatable bonds is 3. The number of allylic oxidation sites excluding steroid dienone is 2. The first-order chi connectivity index (χ1) is 13.4. The molecule has 0 bridgehead atoms. The Morgan fingerprint density at radius 1 is 0.714 bits per heavy atom. The molecule has 4 nitrogen and oxygen atoms in total. The van der Waals surface area contributed by atoms with E-state index in [1.165, 1.54) is 0 Å². The second-order valence-corrected chi connectivity index (χ2v) is 7.21. The summed E-state index contributed by atoms with van der Waals surface area (Å²) in [5.74, 6) is -0.353. The Kier molecular flexibility index (Phi) is 4.40. The topological polar surface area (TPSA) is 50.1 Å². The number of benzene rings is 2. The largest absolute Gasteiger partial charge is 0.347 e. The quantitative estimate of drug-likeness (QED) is 0.702. The van der Waals surface area contributed by atoms with Gasteiger partial charge in [0.1, 0.15) is 0 Å². The first-order valence-electron chi connectivity index (χ1n) is 9.20. The van der Waals surface area contributed by atoms with E-state index < -0.39 is 0 Å². The van der Waals surface area contributed by atoms with E-state index in [9.17, 15) is 9.59 Å². The van der Waals surface area contributed by atoms with Gasteiger partial charge in [0.2, 0.25) is 5.78 Å². The lowest BCUT2D eigenvalue weighted by Gasteiger charge is -2.19. The number of anilines is 1. The Hall–Kier alpha value is -3.53. The number of ketones is 2. The van der Waals surface area contributed by atoms with Crippen LogP contribution in [0.25, 0.3) is 5.70 Å². The smallest absolute Gasteiger partial charge is 0.286 e. The van der Waals surface area contributed by atoms with Crippen molar-refractivity contribution in [2.24, 2.45) is 0 Å². The Bertz CT molecular complexity index is 1120. The summed E-state index contributed by atoms with van der Waals surface area (Å²) in [6.07, 6.45) is 3.62. The molecule has 0 amide bonds. The summed E-state index contributed by atoms with van der Waals surface area (Å²) >= 11 is 0. The van der Waals surface area contributed by atoms with Crippen molar-refractivity contribution < 1.29 is 14.2 Å². The van der Waals surface area contributed by atoms with Gasteiger partial charge in [-0.05, 0) is 49.6 Å². The van der Waals surface area contributed by atoms with Crippen LogP contribution in [0.15, 0.2) is 72.7 Å². The zero-order valence-corrected chi connectivity index (χ0v) is 16.1. The van der Waals surface area contributed by atoms with Crippen LogP contribution < -0.4 is 9.88 Å². The fraction of sp³-hybridized carbons (Fsp3) is 0.125. The molecule has 2 aromatic carbocycles. The first-order valence-corrected chi connectivity index (χ1v) is 9.20. The van der Waals surface area contributed by atoms with Crippen LogP contribution in [0, 0.1) is 20.8 Å². The monoisotopic (exact) mass is 369 g/mol. The van der Waals surface area contributed by atoms with Crippen molar-refractivity contribution in [3.63, 3.8) is 0 Å².